The number of rotatable bonds is 54. The molecule has 0 aromatic rings. The number of allylic oxidation sites excluding steroid dienone is 3. The summed E-state index contributed by atoms with van der Waals surface area (Å²) in [5.41, 5.74) is 0. The number of amides is 1. The van der Waals surface area contributed by atoms with Gasteiger partial charge in [0.05, 0.1) is 25.4 Å². The van der Waals surface area contributed by atoms with Crippen molar-refractivity contribution in [2.24, 2.45) is 0 Å². The van der Waals surface area contributed by atoms with Crippen molar-refractivity contribution in [1.82, 2.24) is 5.32 Å². The summed E-state index contributed by atoms with van der Waals surface area (Å²) in [4.78, 5) is 13.0. The third-order valence-electron chi connectivity index (χ3n) is 15.0. The van der Waals surface area contributed by atoms with Gasteiger partial charge in [-0.2, -0.15) is 0 Å². The highest BCUT2D eigenvalue weighted by molar-refractivity contribution is 5.76. The molecule has 1 heterocycles. The fourth-order valence-corrected chi connectivity index (χ4v) is 10.1. The quantitative estimate of drug-likeness (QED) is 0.0261. The van der Waals surface area contributed by atoms with Crippen LogP contribution in [0.2, 0.25) is 0 Å². The zero-order valence-electron chi connectivity index (χ0n) is 46.8. The molecule has 71 heavy (non-hydrogen) atoms. The summed E-state index contributed by atoms with van der Waals surface area (Å²) in [6, 6.07) is -0.806. The Labute approximate surface area is 439 Å². The van der Waals surface area contributed by atoms with Crippen molar-refractivity contribution in [3.05, 3.63) is 24.3 Å². The van der Waals surface area contributed by atoms with E-state index in [2.05, 4.69) is 31.3 Å². The minimum atomic E-state index is -1.57. The summed E-state index contributed by atoms with van der Waals surface area (Å²) in [5, 5.41) is 54.6. The van der Waals surface area contributed by atoms with Crippen molar-refractivity contribution in [1.29, 1.82) is 0 Å². The van der Waals surface area contributed by atoms with E-state index in [1.54, 1.807) is 6.08 Å². The lowest BCUT2D eigenvalue weighted by molar-refractivity contribution is -0.302. The van der Waals surface area contributed by atoms with Crippen molar-refractivity contribution in [2.45, 2.75) is 352 Å². The lowest BCUT2D eigenvalue weighted by Crippen LogP contribution is -2.60. The molecule has 1 aliphatic heterocycles. The summed E-state index contributed by atoms with van der Waals surface area (Å²) in [7, 11) is 0. The molecule has 1 aliphatic rings. The molecular formula is C62H119NO8. The fourth-order valence-electron chi connectivity index (χ4n) is 10.1. The molecule has 6 N–H and O–H groups in total. The van der Waals surface area contributed by atoms with E-state index in [-0.39, 0.29) is 12.5 Å². The van der Waals surface area contributed by atoms with Gasteiger partial charge >= 0.3 is 0 Å². The highest BCUT2D eigenvalue weighted by Crippen LogP contribution is 2.23. The van der Waals surface area contributed by atoms with Crippen LogP contribution in [0.1, 0.15) is 309 Å². The van der Waals surface area contributed by atoms with Crippen LogP contribution in [-0.4, -0.2) is 87.5 Å². The Morgan fingerprint density at radius 3 is 1.14 bits per heavy atom. The van der Waals surface area contributed by atoms with Crippen molar-refractivity contribution < 1.29 is 39.8 Å². The maximum atomic E-state index is 13.0. The number of nitrogens with one attached hydrogen (secondary N) is 1. The Kier molecular flexibility index (Phi) is 49.7. The van der Waals surface area contributed by atoms with Crippen LogP contribution in [0.3, 0.4) is 0 Å². The number of unbranched alkanes of at least 4 members (excludes halogenated alkanes) is 42. The third kappa shape index (κ3) is 41.6. The van der Waals surface area contributed by atoms with Crippen molar-refractivity contribution >= 4 is 5.91 Å². The number of ether oxygens (including phenoxy) is 2. The molecule has 0 saturated carbocycles. The molecule has 420 valence electrons. The second-order valence-electron chi connectivity index (χ2n) is 21.9. The standard InChI is InChI=1S/C62H119NO8/c1-3-5-7-9-11-13-15-17-19-21-22-23-24-25-26-27-28-29-30-31-32-33-34-36-37-39-41-43-45-47-49-51-56(65)55(54-70-62-61(69)60(68)59(67)57(53-64)71-62)63-58(66)52-50-48-46-44-42-40-38-35-20-18-16-14-12-10-8-6-4-2/h18,20,49,51,55-57,59-62,64-65,67-69H,3-17,19,21-48,50,52-54H2,1-2H3,(H,63,66)/b20-18-,51-49+. The van der Waals surface area contributed by atoms with E-state index in [9.17, 15) is 30.3 Å². The Balaban J connectivity index is 2.15. The Morgan fingerprint density at radius 2 is 0.789 bits per heavy atom. The molecule has 7 unspecified atom stereocenters. The van der Waals surface area contributed by atoms with E-state index >= 15 is 0 Å². The molecule has 0 radical (unpaired) electrons. The van der Waals surface area contributed by atoms with Crippen molar-refractivity contribution in [3.8, 4) is 0 Å². The van der Waals surface area contributed by atoms with Gasteiger partial charge < -0.3 is 40.3 Å². The summed E-state index contributed by atoms with van der Waals surface area (Å²) in [5.74, 6) is -0.177. The maximum absolute atomic E-state index is 13.0. The number of hydrogen-bond donors (Lipinski definition) is 6. The lowest BCUT2D eigenvalue weighted by Gasteiger charge is -2.40. The number of carbonyl (C=O) groups excluding carboxylic acids is 1. The molecule has 0 aliphatic carbocycles. The van der Waals surface area contributed by atoms with Gasteiger partial charge in [0.1, 0.15) is 24.4 Å². The monoisotopic (exact) mass is 1010 g/mol. The van der Waals surface area contributed by atoms with Crippen LogP contribution in [0.25, 0.3) is 0 Å². The van der Waals surface area contributed by atoms with Gasteiger partial charge in [0.25, 0.3) is 0 Å². The lowest BCUT2D eigenvalue weighted by atomic mass is 9.99. The minimum absolute atomic E-state index is 0.177. The summed E-state index contributed by atoms with van der Waals surface area (Å²) in [6.07, 6.45) is 59.8. The first-order valence-corrected chi connectivity index (χ1v) is 31.1. The Hall–Kier alpha value is -1.33. The number of carbonyl (C=O) groups is 1. The molecule has 9 heteroatoms. The fraction of sp³-hybridized carbons (Fsp3) is 0.919. The largest absolute Gasteiger partial charge is 0.394 e. The first-order valence-electron chi connectivity index (χ1n) is 31.1. The van der Waals surface area contributed by atoms with Gasteiger partial charge in [-0.05, 0) is 44.9 Å². The molecule has 9 nitrogen and oxygen atoms in total. The van der Waals surface area contributed by atoms with Gasteiger partial charge in [0, 0.05) is 6.42 Å². The van der Waals surface area contributed by atoms with Crippen LogP contribution in [0.15, 0.2) is 24.3 Å². The van der Waals surface area contributed by atoms with E-state index in [0.29, 0.717) is 6.42 Å². The summed E-state index contributed by atoms with van der Waals surface area (Å²) < 4.78 is 11.3. The molecule has 1 amide bonds. The van der Waals surface area contributed by atoms with Gasteiger partial charge in [0.2, 0.25) is 5.91 Å². The maximum Gasteiger partial charge on any atom is 0.220 e. The van der Waals surface area contributed by atoms with Crippen LogP contribution < -0.4 is 5.32 Å². The van der Waals surface area contributed by atoms with Gasteiger partial charge in [-0.25, -0.2) is 0 Å². The second-order valence-corrected chi connectivity index (χ2v) is 21.9. The molecule has 1 rings (SSSR count). The first-order chi connectivity index (χ1) is 34.8. The molecule has 0 spiro atoms. The number of aliphatic hydroxyl groups is 5. The van der Waals surface area contributed by atoms with Crippen LogP contribution in [0.4, 0.5) is 0 Å². The van der Waals surface area contributed by atoms with Crippen LogP contribution in [0, 0.1) is 0 Å². The zero-order valence-corrected chi connectivity index (χ0v) is 46.8. The van der Waals surface area contributed by atoms with E-state index in [4.69, 9.17) is 9.47 Å². The molecular weight excluding hydrogens is 887 g/mol. The highest BCUT2D eigenvalue weighted by atomic mass is 16.7. The van der Waals surface area contributed by atoms with Gasteiger partial charge in [-0.15, -0.1) is 0 Å². The second kappa shape index (κ2) is 52.1. The molecule has 0 aromatic carbocycles. The van der Waals surface area contributed by atoms with Crippen LogP contribution in [-0.2, 0) is 14.3 Å². The highest BCUT2D eigenvalue weighted by Gasteiger charge is 2.44. The summed E-state index contributed by atoms with van der Waals surface area (Å²) in [6.45, 7) is 3.81. The molecule has 1 saturated heterocycles. The van der Waals surface area contributed by atoms with Crippen LogP contribution in [0.5, 0.6) is 0 Å². The van der Waals surface area contributed by atoms with Crippen LogP contribution >= 0.6 is 0 Å². The third-order valence-corrected chi connectivity index (χ3v) is 15.0. The molecule has 0 bridgehead atoms. The molecule has 0 aromatic heterocycles. The SMILES string of the molecule is CCCCCCCC/C=C\CCCCCCCCCC(=O)NC(COC1OC(CO)C(O)C(O)C1O)C(O)/C=C/CCCCCCCCCCCCCCCCCCCCCCCCCCCCCCC. The topological polar surface area (TPSA) is 149 Å². The van der Waals surface area contributed by atoms with Gasteiger partial charge in [-0.1, -0.05) is 282 Å². The van der Waals surface area contributed by atoms with E-state index in [0.717, 1.165) is 44.9 Å². The minimum Gasteiger partial charge on any atom is -0.394 e. The smallest absolute Gasteiger partial charge is 0.220 e. The van der Waals surface area contributed by atoms with Gasteiger partial charge in [-0.3, -0.25) is 4.79 Å². The Bertz CT molecular complexity index is 1170. The normalized spacial score (nSPS) is 19.3. The van der Waals surface area contributed by atoms with E-state index in [1.165, 1.54) is 244 Å². The summed E-state index contributed by atoms with van der Waals surface area (Å²) >= 11 is 0. The average Bonchev–Trinajstić information content (AvgIpc) is 3.37. The average molecular weight is 1010 g/mol. The molecule has 7 atom stereocenters. The number of hydrogen-bond acceptors (Lipinski definition) is 8. The van der Waals surface area contributed by atoms with Crippen molar-refractivity contribution in [2.75, 3.05) is 13.2 Å². The predicted octanol–water partition coefficient (Wildman–Crippen LogP) is 15.7. The first kappa shape index (κ1) is 67.7. The predicted molar refractivity (Wildman–Crippen MR) is 300 cm³/mol. The Morgan fingerprint density at radius 1 is 0.465 bits per heavy atom. The number of aliphatic hydroxyl groups excluding tert-OH is 5. The van der Waals surface area contributed by atoms with Crippen molar-refractivity contribution in [3.63, 3.8) is 0 Å². The van der Waals surface area contributed by atoms with E-state index < -0.39 is 49.5 Å². The zero-order chi connectivity index (χ0) is 51.5. The molecule has 1 fully saturated rings. The van der Waals surface area contributed by atoms with Gasteiger partial charge in [0.15, 0.2) is 6.29 Å². The van der Waals surface area contributed by atoms with E-state index in [1.807, 2.05) is 6.08 Å².